The molecule has 0 saturated carbocycles. The molecular weight excluding hydrogens is 337 g/mol. The van der Waals surface area contributed by atoms with Crippen molar-refractivity contribution in [2.45, 2.75) is 37.6 Å². The molecule has 0 aliphatic carbocycles. The van der Waals surface area contributed by atoms with Crippen LogP contribution >= 0.6 is 0 Å². The predicted octanol–water partition coefficient (Wildman–Crippen LogP) is 2.31. The zero-order valence-electron chi connectivity index (χ0n) is 13.3. The molecule has 1 amide bonds. The highest BCUT2D eigenvalue weighted by atomic mass is 19.4. The van der Waals surface area contributed by atoms with Gasteiger partial charge in [0.15, 0.2) is 6.04 Å². The highest BCUT2D eigenvalue weighted by molar-refractivity contribution is 5.82. The molecule has 0 spiro atoms. The molecule has 3 heterocycles. The van der Waals surface area contributed by atoms with E-state index in [1.165, 1.54) is 18.3 Å². The lowest BCUT2D eigenvalue weighted by Gasteiger charge is -2.23. The third kappa shape index (κ3) is 3.99. The third-order valence-corrected chi connectivity index (χ3v) is 3.96. The van der Waals surface area contributed by atoms with Gasteiger partial charge in [0.25, 0.3) is 0 Å². The Labute approximate surface area is 141 Å². The molecule has 3 rings (SSSR count). The van der Waals surface area contributed by atoms with Crippen LogP contribution in [-0.4, -0.2) is 23.1 Å². The Morgan fingerprint density at radius 1 is 1.36 bits per heavy atom. The number of carbonyl (C=O) groups excluding carboxylic acids is 1. The summed E-state index contributed by atoms with van der Waals surface area (Å²) in [5.41, 5.74) is 5.47. The number of furan rings is 1. The van der Waals surface area contributed by atoms with Crippen molar-refractivity contribution < 1.29 is 22.4 Å². The summed E-state index contributed by atoms with van der Waals surface area (Å²) in [7, 11) is 0. The Bertz CT molecular complexity index is 732. The normalized spacial score (nSPS) is 21.9. The number of hydrazine groups is 1. The number of rotatable bonds is 4. The van der Waals surface area contributed by atoms with Crippen LogP contribution in [0.5, 0.6) is 0 Å². The lowest BCUT2D eigenvalue weighted by Crippen LogP contribution is -2.47. The number of hydrogen-bond acceptors (Lipinski definition) is 5. The van der Waals surface area contributed by atoms with Crippen molar-refractivity contribution in [3.63, 3.8) is 0 Å². The smallest absolute Gasteiger partial charge is 0.412 e. The van der Waals surface area contributed by atoms with Gasteiger partial charge in [-0.05, 0) is 31.5 Å². The first-order valence-electron chi connectivity index (χ1n) is 7.69. The molecule has 1 aliphatic rings. The number of nitrogens with one attached hydrogen (secondary N) is 3. The van der Waals surface area contributed by atoms with E-state index in [0.29, 0.717) is 5.76 Å². The molecule has 3 atom stereocenters. The van der Waals surface area contributed by atoms with E-state index in [0.717, 1.165) is 12.0 Å². The number of hydrogen-bond donors (Lipinski definition) is 3. The number of halogens is 3. The van der Waals surface area contributed by atoms with Gasteiger partial charge in [-0.2, -0.15) is 13.2 Å². The van der Waals surface area contributed by atoms with E-state index in [9.17, 15) is 18.0 Å². The Morgan fingerprint density at radius 2 is 2.16 bits per heavy atom. The lowest BCUT2D eigenvalue weighted by molar-refractivity contribution is -0.164. The van der Waals surface area contributed by atoms with Gasteiger partial charge in [0.1, 0.15) is 17.6 Å². The number of nitrogens with zero attached hydrogens (tertiary/aromatic N) is 1. The summed E-state index contributed by atoms with van der Waals surface area (Å²) in [6.07, 6.45) is -1.89. The molecule has 1 saturated heterocycles. The van der Waals surface area contributed by atoms with Crippen molar-refractivity contribution >= 4 is 5.91 Å². The van der Waals surface area contributed by atoms with Gasteiger partial charge >= 0.3 is 6.18 Å². The number of amides is 1. The van der Waals surface area contributed by atoms with Crippen molar-refractivity contribution in [1.82, 2.24) is 21.2 Å². The SMILES string of the molecule is Cc1ccc(C2CC(C(=O)NC(c3cccnc3)C(F)(F)F)NN2)o1. The Balaban J connectivity index is 1.68. The van der Waals surface area contributed by atoms with E-state index in [4.69, 9.17) is 4.42 Å². The van der Waals surface area contributed by atoms with Crippen LogP contribution in [0.1, 0.15) is 35.6 Å². The van der Waals surface area contributed by atoms with Gasteiger partial charge in [-0.25, -0.2) is 10.9 Å². The van der Waals surface area contributed by atoms with E-state index in [1.54, 1.807) is 19.1 Å². The second-order valence-corrected chi connectivity index (χ2v) is 5.85. The van der Waals surface area contributed by atoms with Crippen molar-refractivity contribution in [3.8, 4) is 0 Å². The predicted molar refractivity (Wildman–Crippen MR) is 82.0 cm³/mol. The zero-order valence-corrected chi connectivity index (χ0v) is 13.3. The van der Waals surface area contributed by atoms with E-state index < -0.39 is 24.2 Å². The van der Waals surface area contributed by atoms with Crippen LogP contribution in [0.15, 0.2) is 41.1 Å². The first-order valence-corrected chi connectivity index (χ1v) is 7.69. The van der Waals surface area contributed by atoms with Crippen LogP contribution in [0.4, 0.5) is 13.2 Å². The van der Waals surface area contributed by atoms with Crippen molar-refractivity contribution in [1.29, 1.82) is 0 Å². The van der Waals surface area contributed by atoms with Crippen LogP contribution < -0.4 is 16.2 Å². The molecule has 134 valence electrons. The van der Waals surface area contributed by atoms with Crippen LogP contribution in [-0.2, 0) is 4.79 Å². The van der Waals surface area contributed by atoms with Gasteiger partial charge < -0.3 is 9.73 Å². The average Bonchev–Trinajstić information content (AvgIpc) is 3.21. The van der Waals surface area contributed by atoms with E-state index in [1.807, 2.05) is 0 Å². The van der Waals surface area contributed by atoms with Crippen molar-refractivity contribution in [2.75, 3.05) is 0 Å². The van der Waals surface area contributed by atoms with Crippen LogP contribution in [0.3, 0.4) is 0 Å². The molecule has 3 unspecified atom stereocenters. The number of aryl methyl sites for hydroxylation is 1. The minimum absolute atomic E-state index is 0.118. The molecular formula is C16H17F3N4O2. The zero-order chi connectivity index (χ0) is 18.0. The molecule has 0 aromatic carbocycles. The van der Waals surface area contributed by atoms with Gasteiger partial charge in [-0.15, -0.1) is 0 Å². The molecule has 2 aromatic heterocycles. The molecule has 6 nitrogen and oxygen atoms in total. The largest absolute Gasteiger partial charge is 0.465 e. The molecule has 25 heavy (non-hydrogen) atoms. The second-order valence-electron chi connectivity index (χ2n) is 5.85. The van der Waals surface area contributed by atoms with Crippen LogP contribution in [0, 0.1) is 6.92 Å². The summed E-state index contributed by atoms with van der Waals surface area (Å²) in [6.45, 7) is 1.79. The highest BCUT2D eigenvalue weighted by Gasteiger charge is 2.43. The maximum atomic E-state index is 13.3. The molecule has 9 heteroatoms. The average molecular weight is 354 g/mol. The Hall–Kier alpha value is -2.39. The van der Waals surface area contributed by atoms with Gasteiger partial charge in [0.05, 0.1) is 6.04 Å². The van der Waals surface area contributed by atoms with E-state index in [2.05, 4.69) is 21.2 Å². The standard InChI is InChI=1S/C16H17F3N4O2/c1-9-4-5-13(25-9)11-7-12(23-22-11)15(24)21-14(16(17,18)19)10-3-2-6-20-8-10/h2-6,8,11-12,14,22-23H,7H2,1H3,(H,21,24). The fourth-order valence-electron chi connectivity index (χ4n) is 2.70. The Morgan fingerprint density at radius 3 is 2.76 bits per heavy atom. The number of aromatic nitrogens is 1. The molecule has 2 aromatic rings. The minimum Gasteiger partial charge on any atom is -0.465 e. The first-order chi connectivity index (χ1) is 11.8. The highest BCUT2D eigenvalue weighted by Crippen LogP contribution is 2.33. The summed E-state index contributed by atoms with van der Waals surface area (Å²) >= 11 is 0. The summed E-state index contributed by atoms with van der Waals surface area (Å²) in [5.74, 6) is 0.600. The monoisotopic (exact) mass is 354 g/mol. The van der Waals surface area contributed by atoms with E-state index >= 15 is 0 Å². The van der Waals surface area contributed by atoms with Crippen LogP contribution in [0.2, 0.25) is 0 Å². The van der Waals surface area contributed by atoms with Gasteiger partial charge in [-0.1, -0.05) is 6.07 Å². The molecule has 3 N–H and O–H groups in total. The molecule has 1 aliphatic heterocycles. The summed E-state index contributed by atoms with van der Waals surface area (Å²) in [4.78, 5) is 16.0. The number of pyridine rings is 1. The fourth-order valence-corrected chi connectivity index (χ4v) is 2.70. The van der Waals surface area contributed by atoms with Gasteiger partial charge in [0, 0.05) is 18.0 Å². The third-order valence-electron chi connectivity index (χ3n) is 3.96. The maximum Gasteiger partial charge on any atom is 0.412 e. The lowest BCUT2D eigenvalue weighted by atomic mass is 10.1. The van der Waals surface area contributed by atoms with Crippen molar-refractivity contribution in [2.24, 2.45) is 0 Å². The number of carbonyl (C=O) groups is 1. The fraction of sp³-hybridized carbons (Fsp3) is 0.375. The number of alkyl halides is 3. The summed E-state index contributed by atoms with van der Waals surface area (Å²) in [6, 6.07) is 3.02. The molecule has 1 fully saturated rings. The van der Waals surface area contributed by atoms with Gasteiger partial charge in [0.2, 0.25) is 5.91 Å². The first kappa shape index (κ1) is 17.4. The topological polar surface area (TPSA) is 79.2 Å². The summed E-state index contributed by atoms with van der Waals surface area (Å²) < 4.78 is 45.4. The maximum absolute atomic E-state index is 13.3. The quantitative estimate of drug-likeness (QED) is 0.785. The minimum atomic E-state index is -4.62. The van der Waals surface area contributed by atoms with Gasteiger partial charge in [-0.3, -0.25) is 9.78 Å². The summed E-state index contributed by atoms with van der Waals surface area (Å²) in [5, 5.41) is 2.06. The molecule has 0 radical (unpaired) electrons. The van der Waals surface area contributed by atoms with E-state index in [-0.39, 0.29) is 18.0 Å². The van der Waals surface area contributed by atoms with Crippen molar-refractivity contribution in [3.05, 3.63) is 53.7 Å². The second kappa shape index (κ2) is 6.85. The van der Waals surface area contributed by atoms with Crippen LogP contribution in [0.25, 0.3) is 0 Å². The molecule has 0 bridgehead atoms. The Kier molecular flexibility index (Phi) is 4.78.